The number of benzene rings is 1. The molecule has 25 heavy (non-hydrogen) atoms. The minimum atomic E-state index is -0.901. The molecule has 0 aromatic heterocycles. The molecule has 0 radical (unpaired) electrons. The van der Waals surface area contributed by atoms with Gasteiger partial charge in [0.2, 0.25) is 5.91 Å². The molecule has 0 bridgehead atoms. The van der Waals surface area contributed by atoms with Crippen molar-refractivity contribution in [3.8, 4) is 0 Å². The Morgan fingerprint density at radius 2 is 2.00 bits per heavy atom. The van der Waals surface area contributed by atoms with E-state index >= 15 is 0 Å². The number of nitro benzene ring substituents is 1. The van der Waals surface area contributed by atoms with Crippen LogP contribution in [0.4, 0.5) is 5.69 Å². The monoisotopic (exact) mass is 371 g/mol. The van der Waals surface area contributed by atoms with Crippen LogP contribution in [0.25, 0.3) is 0 Å². The van der Waals surface area contributed by atoms with E-state index in [0.29, 0.717) is 6.54 Å². The van der Waals surface area contributed by atoms with Crippen molar-refractivity contribution in [2.24, 2.45) is 0 Å². The summed E-state index contributed by atoms with van der Waals surface area (Å²) in [7, 11) is 0. The number of likely N-dealkylation sites (N-methyl/N-ethyl adjacent to an activating group) is 2. The van der Waals surface area contributed by atoms with Crippen molar-refractivity contribution in [2.45, 2.75) is 13.8 Å². The van der Waals surface area contributed by atoms with Crippen LogP contribution < -0.4 is 5.32 Å². The number of halogens is 1. The first-order valence-corrected chi connectivity index (χ1v) is 7.83. The van der Waals surface area contributed by atoms with Crippen molar-refractivity contribution in [3.05, 3.63) is 38.9 Å². The van der Waals surface area contributed by atoms with E-state index in [1.165, 1.54) is 17.0 Å². The third-order valence-electron chi connectivity index (χ3n) is 3.15. The molecule has 10 heteroatoms. The van der Waals surface area contributed by atoms with Gasteiger partial charge in [0.25, 0.3) is 11.6 Å². The molecular formula is C15H18ClN3O6. The molecule has 0 aliphatic carbocycles. The predicted octanol–water partition coefficient (Wildman–Crippen LogP) is 1.39. The van der Waals surface area contributed by atoms with Gasteiger partial charge in [0.05, 0.1) is 17.0 Å². The molecule has 0 spiro atoms. The van der Waals surface area contributed by atoms with Crippen LogP contribution in [0.5, 0.6) is 0 Å². The predicted molar refractivity (Wildman–Crippen MR) is 89.3 cm³/mol. The number of hydrogen-bond donors (Lipinski definition) is 1. The SMILES string of the molecule is CCNC(=O)CN(CC)C(=O)COC(=O)c1ccc(Cl)c([N+](=O)[O-])c1. The second-order valence-corrected chi connectivity index (χ2v) is 5.27. The summed E-state index contributed by atoms with van der Waals surface area (Å²) in [4.78, 5) is 46.8. The number of nitrogens with zero attached hydrogens (tertiary/aromatic N) is 2. The van der Waals surface area contributed by atoms with Crippen LogP contribution in [-0.4, -0.2) is 53.8 Å². The molecule has 0 aliphatic rings. The first-order chi connectivity index (χ1) is 11.8. The van der Waals surface area contributed by atoms with Crippen LogP contribution in [0, 0.1) is 10.1 Å². The van der Waals surface area contributed by atoms with Gasteiger partial charge in [0.1, 0.15) is 5.02 Å². The van der Waals surface area contributed by atoms with Gasteiger partial charge in [-0.3, -0.25) is 19.7 Å². The van der Waals surface area contributed by atoms with Gasteiger partial charge in [-0.1, -0.05) is 11.6 Å². The fraction of sp³-hybridized carbons (Fsp3) is 0.400. The Labute approximate surface area is 149 Å². The molecule has 136 valence electrons. The molecule has 1 N–H and O–H groups in total. The van der Waals surface area contributed by atoms with Crippen LogP contribution in [-0.2, 0) is 14.3 Å². The lowest BCUT2D eigenvalue weighted by Gasteiger charge is -2.20. The number of ether oxygens (including phenoxy) is 1. The van der Waals surface area contributed by atoms with Crippen LogP contribution in [0.1, 0.15) is 24.2 Å². The van der Waals surface area contributed by atoms with Crippen LogP contribution in [0.15, 0.2) is 18.2 Å². The Morgan fingerprint density at radius 3 is 2.56 bits per heavy atom. The quantitative estimate of drug-likeness (QED) is 0.419. The average Bonchev–Trinajstić information content (AvgIpc) is 2.57. The molecule has 0 heterocycles. The van der Waals surface area contributed by atoms with Gasteiger partial charge in [-0.05, 0) is 26.0 Å². The Hall–Kier alpha value is -2.68. The van der Waals surface area contributed by atoms with Gasteiger partial charge in [0, 0.05) is 19.2 Å². The molecule has 0 fully saturated rings. The van der Waals surface area contributed by atoms with Crippen molar-refractivity contribution < 1.29 is 24.0 Å². The molecule has 1 rings (SSSR count). The molecule has 0 aliphatic heterocycles. The van der Waals surface area contributed by atoms with Crippen molar-refractivity contribution in [3.63, 3.8) is 0 Å². The van der Waals surface area contributed by atoms with E-state index in [2.05, 4.69) is 5.32 Å². The zero-order valence-electron chi connectivity index (χ0n) is 13.8. The van der Waals surface area contributed by atoms with Gasteiger partial charge in [-0.25, -0.2) is 4.79 Å². The lowest BCUT2D eigenvalue weighted by atomic mass is 10.2. The summed E-state index contributed by atoms with van der Waals surface area (Å²) in [5.41, 5.74) is -0.537. The number of carbonyl (C=O) groups excluding carboxylic acids is 3. The minimum absolute atomic E-state index is 0.101. The molecule has 2 amide bonds. The maximum Gasteiger partial charge on any atom is 0.338 e. The van der Waals surface area contributed by atoms with E-state index < -0.39 is 29.1 Å². The number of esters is 1. The zero-order chi connectivity index (χ0) is 19.0. The number of carbonyl (C=O) groups is 3. The van der Waals surface area contributed by atoms with Crippen molar-refractivity contribution in [1.29, 1.82) is 0 Å². The topological polar surface area (TPSA) is 119 Å². The zero-order valence-corrected chi connectivity index (χ0v) is 14.5. The number of nitrogens with one attached hydrogen (secondary N) is 1. The third-order valence-corrected chi connectivity index (χ3v) is 3.47. The fourth-order valence-corrected chi connectivity index (χ4v) is 2.07. The molecule has 1 aromatic rings. The highest BCUT2D eigenvalue weighted by atomic mass is 35.5. The lowest BCUT2D eigenvalue weighted by Crippen LogP contribution is -2.42. The highest BCUT2D eigenvalue weighted by Crippen LogP contribution is 2.25. The summed E-state index contributed by atoms with van der Waals surface area (Å²) >= 11 is 5.67. The van der Waals surface area contributed by atoms with E-state index in [1.54, 1.807) is 13.8 Å². The summed E-state index contributed by atoms with van der Waals surface area (Å²) in [6.45, 7) is 3.41. The number of nitro groups is 1. The third kappa shape index (κ3) is 6.03. The Morgan fingerprint density at radius 1 is 1.32 bits per heavy atom. The summed E-state index contributed by atoms with van der Waals surface area (Å²) in [6, 6.07) is 3.43. The van der Waals surface area contributed by atoms with Gasteiger partial charge in [-0.2, -0.15) is 0 Å². The van der Waals surface area contributed by atoms with E-state index in [-0.39, 0.29) is 29.6 Å². The minimum Gasteiger partial charge on any atom is -0.452 e. The Balaban J connectivity index is 2.68. The Bertz CT molecular complexity index is 679. The fourth-order valence-electron chi connectivity index (χ4n) is 1.88. The van der Waals surface area contributed by atoms with Gasteiger partial charge in [0.15, 0.2) is 6.61 Å². The largest absolute Gasteiger partial charge is 0.452 e. The maximum absolute atomic E-state index is 12.0. The molecular weight excluding hydrogens is 354 g/mol. The van der Waals surface area contributed by atoms with Crippen LogP contribution >= 0.6 is 11.6 Å². The highest BCUT2D eigenvalue weighted by molar-refractivity contribution is 6.32. The maximum atomic E-state index is 12.0. The highest BCUT2D eigenvalue weighted by Gasteiger charge is 2.20. The smallest absolute Gasteiger partial charge is 0.338 e. The second-order valence-electron chi connectivity index (χ2n) is 4.86. The number of rotatable bonds is 8. The second kappa shape index (κ2) is 9.58. The van der Waals surface area contributed by atoms with E-state index in [4.69, 9.17) is 16.3 Å². The molecule has 9 nitrogen and oxygen atoms in total. The standard InChI is InChI=1S/C15H18ClN3O6/c1-3-17-13(20)8-18(4-2)14(21)9-25-15(22)10-5-6-11(16)12(7-10)19(23)24/h5-7H,3-4,8-9H2,1-2H3,(H,17,20). The van der Waals surface area contributed by atoms with Crippen molar-refractivity contribution in [1.82, 2.24) is 10.2 Å². The number of amides is 2. The first kappa shape index (κ1) is 20.4. The average molecular weight is 372 g/mol. The normalized spacial score (nSPS) is 10.0. The summed E-state index contributed by atoms with van der Waals surface area (Å²) in [6.07, 6.45) is 0. The van der Waals surface area contributed by atoms with Crippen molar-refractivity contribution >= 4 is 35.1 Å². The van der Waals surface area contributed by atoms with Gasteiger partial charge < -0.3 is 15.0 Å². The molecule has 0 unspecified atom stereocenters. The lowest BCUT2D eigenvalue weighted by molar-refractivity contribution is -0.384. The molecule has 0 saturated carbocycles. The molecule has 0 atom stereocenters. The van der Waals surface area contributed by atoms with Gasteiger partial charge in [-0.15, -0.1) is 0 Å². The molecule has 1 aromatic carbocycles. The van der Waals surface area contributed by atoms with Crippen LogP contribution in [0.2, 0.25) is 5.02 Å². The van der Waals surface area contributed by atoms with Crippen LogP contribution in [0.3, 0.4) is 0 Å². The summed E-state index contributed by atoms with van der Waals surface area (Å²) in [5, 5.41) is 13.3. The summed E-state index contributed by atoms with van der Waals surface area (Å²) in [5.74, 6) is -1.77. The summed E-state index contributed by atoms with van der Waals surface area (Å²) < 4.78 is 4.86. The molecule has 0 saturated heterocycles. The first-order valence-electron chi connectivity index (χ1n) is 7.45. The number of hydrogen-bond acceptors (Lipinski definition) is 6. The van der Waals surface area contributed by atoms with E-state index in [9.17, 15) is 24.5 Å². The van der Waals surface area contributed by atoms with Crippen molar-refractivity contribution in [2.75, 3.05) is 26.2 Å². The van der Waals surface area contributed by atoms with E-state index in [0.717, 1.165) is 6.07 Å². The van der Waals surface area contributed by atoms with Gasteiger partial charge >= 0.3 is 5.97 Å². The van der Waals surface area contributed by atoms with E-state index in [1.807, 2.05) is 0 Å². The Kier molecular flexibility index (Phi) is 7.80.